The van der Waals surface area contributed by atoms with Crippen LogP contribution >= 0.6 is 0 Å². The van der Waals surface area contributed by atoms with Gasteiger partial charge in [0.05, 0.1) is 19.8 Å². The minimum atomic E-state index is -1.26. The third-order valence-electron chi connectivity index (χ3n) is 2.44. The summed E-state index contributed by atoms with van der Waals surface area (Å²) in [5, 5.41) is 28.5. The first-order chi connectivity index (χ1) is 7.57. The maximum absolute atomic E-state index is 9.57. The van der Waals surface area contributed by atoms with Crippen LogP contribution in [0, 0.1) is 0 Å². The Kier molecular flexibility index (Phi) is 5.56. The summed E-state index contributed by atoms with van der Waals surface area (Å²) < 4.78 is 10.4. The quantitative estimate of drug-likeness (QED) is 0.323. The number of aliphatic hydroxyl groups excluding tert-OH is 3. The molecule has 16 heavy (non-hydrogen) atoms. The van der Waals surface area contributed by atoms with Crippen LogP contribution in [0.2, 0.25) is 0 Å². The fraction of sp³-hybridized carbons (Fsp3) is 1.00. The van der Waals surface area contributed by atoms with Gasteiger partial charge in [0.25, 0.3) is 0 Å². The number of hydroxylamine groups is 1. The van der Waals surface area contributed by atoms with Gasteiger partial charge in [-0.15, -0.1) is 0 Å². The van der Waals surface area contributed by atoms with Gasteiger partial charge >= 0.3 is 0 Å². The molecule has 7 heteroatoms. The van der Waals surface area contributed by atoms with Crippen LogP contribution < -0.4 is 5.48 Å². The van der Waals surface area contributed by atoms with Gasteiger partial charge in [-0.1, -0.05) is 0 Å². The molecule has 0 aromatic rings. The van der Waals surface area contributed by atoms with Crippen LogP contribution in [0.5, 0.6) is 0 Å². The standard InChI is InChI=1S/C9H19NO6/c1-5-6(11)7(12)8(13)9(16-5)15-4-3-10-14-2/h5-13H,3-4H2,1-2H3/t5-,6+,7+,8-,9+/m0/s1. The molecule has 1 aliphatic rings. The van der Waals surface area contributed by atoms with Crippen LogP contribution in [0.1, 0.15) is 6.92 Å². The summed E-state index contributed by atoms with van der Waals surface area (Å²) in [4.78, 5) is 4.59. The predicted octanol–water partition coefficient (Wildman–Crippen LogP) is -2.02. The number of hydrogen-bond donors (Lipinski definition) is 4. The molecule has 4 N–H and O–H groups in total. The van der Waals surface area contributed by atoms with Gasteiger partial charge in [0.1, 0.15) is 18.3 Å². The molecule has 1 fully saturated rings. The van der Waals surface area contributed by atoms with Gasteiger partial charge in [-0.25, -0.2) is 5.48 Å². The van der Waals surface area contributed by atoms with Gasteiger partial charge in [-0.2, -0.15) is 0 Å². The summed E-state index contributed by atoms with van der Waals surface area (Å²) in [5.74, 6) is 0. The van der Waals surface area contributed by atoms with E-state index in [2.05, 4.69) is 10.3 Å². The van der Waals surface area contributed by atoms with Crippen LogP contribution in [0.3, 0.4) is 0 Å². The lowest BCUT2D eigenvalue weighted by molar-refractivity contribution is -0.293. The average Bonchev–Trinajstić information content (AvgIpc) is 2.28. The Labute approximate surface area is 93.9 Å². The second kappa shape index (κ2) is 6.45. The molecule has 1 rings (SSSR count). The zero-order chi connectivity index (χ0) is 12.1. The largest absolute Gasteiger partial charge is 0.388 e. The molecule has 7 nitrogen and oxygen atoms in total. The molecule has 0 amide bonds. The molecule has 0 aromatic carbocycles. The van der Waals surface area contributed by atoms with Gasteiger partial charge < -0.3 is 29.6 Å². The van der Waals surface area contributed by atoms with Crippen molar-refractivity contribution in [3.63, 3.8) is 0 Å². The lowest BCUT2D eigenvalue weighted by Crippen LogP contribution is -2.57. The van der Waals surface area contributed by atoms with Crippen molar-refractivity contribution < 1.29 is 29.6 Å². The van der Waals surface area contributed by atoms with Crippen molar-refractivity contribution in [2.24, 2.45) is 0 Å². The average molecular weight is 237 g/mol. The van der Waals surface area contributed by atoms with E-state index in [0.717, 1.165) is 0 Å². The Hall–Kier alpha value is -0.280. The molecule has 0 unspecified atom stereocenters. The van der Waals surface area contributed by atoms with E-state index >= 15 is 0 Å². The van der Waals surface area contributed by atoms with Crippen molar-refractivity contribution in [2.75, 3.05) is 20.3 Å². The van der Waals surface area contributed by atoms with E-state index < -0.39 is 30.7 Å². The normalized spacial score (nSPS) is 39.9. The molecule has 0 aliphatic carbocycles. The number of rotatable bonds is 5. The molecule has 1 aliphatic heterocycles. The molecule has 0 aromatic heterocycles. The van der Waals surface area contributed by atoms with E-state index in [0.29, 0.717) is 6.54 Å². The highest BCUT2D eigenvalue weighted by Crippen LogP contribution is 2.21. The monoisotopic (exact) mass is 237 g/mol. The van der Waals surface area contributed by atoms with Crippen molar-refractivity contribution in [3.05, 3.63) is 0 Å². The first-order valence-electron chi connectivity index (χ1n) is 5.15. The highest BCUT2D eigenvalue weighted by molar-refractivity contribution is 4.87. The van der Waals surface area contributed by atoms with Crippen molar-refractivity contribution >= 4 is 0 Å². The third-order valence-corrected chi connectivity index (χ3v) is 2.44. The lowest BCUT2D eigenvalue weighted by atomic mass is 10.0. The number of ether oxygens (including phenoxy) is 2. The smallest absolute Gasteiger partial charge is 0.186 e. The molecule has 1 heterocycles. The van der Waals surface area contributed by atoms with Crippen LogP contribution in [0.4, 0.5) is 0 Å². The fourth-order valence-corrected chi connectivity index (χ4v) is 1.47. The van der Waals surface area contributed by atoms with E-state index in [9.17, 15) is 15.3 Å². The van der Waals surface area contributed by atoms with Crippen LogP contribution in [0.25, 0.3) is 0 Å². The van der Waals surface area contributed by atoms with E-state index in [1.54, 1.807) is 6.92 Å². The molecule has 0 radical (unpaired) electrons. The SMILES string of the molecule is CONCCO[C@@H]1O[C@@H](C)[C@@H](O)[C@@H](O)[C@@H]1O. The Morgan fingerprint density at radius 2 is 1.88 bits per heavy atom. The molecule has 0 bridgehead atoms. The minimum Gasteiger partial charge on any atom is -0.388 e. The number of hydrogen-bond acceptors (Lipinski definition) is 7. The second-order valence-electron chi connectivity index (χ2n) is 3.65. The van der Waals surface area contributed by atoms with Gasteiger partial charge in [-0.3, -0.25) is 0 Å². The van der Waals surface area contributed by atoms with E-state index in [1.807, 2.05) is 0 Å². The maximum Gasteiger partial charge on any atom is 0.186 e. The number of nitrogens with one attached hydrogen (secondary N) is 1. The molecule has 5 atom stereocenters. The van der Waals surface area contributed by atoms with Gasteiger partial charge in [-0.05, 0) is 6.92 Å². The fourth-order valence-electron chi connectivity index (χ4n) is 1.47. The van der Waals surface area contributed by atoms with Gasteiger partial charge in [0, 0.05) is 6.54 Å². The lowest BCUT2D eigenvalue weighted by Gasteiger charge is -2.38. The molecular formula is C9H19NO6. The summed E-state index contributed by atoms with van der Waals surface area (Å²) in [6, 6.07) is 0. The maximum atomic E-state index is 9.57. The van der Waals surface area contributed by atoms with Gasteiger partial charge in [0.15, 0.2) is 6.29 Å². The second-order valence-corrected chi connectivity index (χ2v) is 3.65. The van der Waals surface area contributed by atoms with Crippen LogP contribution in [-0.2, 0) is 14.3 Å². The van der Waals surface area contributed by atoms with Crippen molar-refractivity contribution in [1.29, 1.82) is 0 Å². The highest BCUT2D eigenvalue weighted by atomic mass is 16.7. The predicted molar refractivity (Wildman–Crippen MR) is 53.3 cm³/mol. The Morgan fingerprint density at radius 3 is 2.50 bits per heavy atom. The topological polar surface area (TPSA) is 100 Å². The minimum absolute atomic E-state index is 0.255. The zero-order valence-corrected chi connectivity index (χ0v) is 9.37. The number of aliphatic hydroxyl groups is 3. The zero-order valence-electron chi connectivity index (χ0n) is 9.37. The van der Waals surface area contributed by atoms with Crippen molar-refractivity contribution in [2.45, 2.75) is 37.6 Å². The van der Waals surface area contributed by atoms with Crippen molar-refractivity contribution in [1.82, 2.24) is 5.48 Å². The van der Waals surface area contributed by atoms with E-state index in [-0.39, 0.29) is 6.61 Å². The highest BCUT2D eigenvalue weighted by Gasteiger charge is 2.42. The Morgan fingerprint density at radius 1 is 1.19 bits per heavy atom. The summed E-state index contributed by atoms with van der Waals surface area (Å²) in [5.41, 5.74) is 2.56. The molecular weight excluding hydrogens is 218 g/mol. The summed E-state index contributed by atoms with van der Waals surface area (Å²) in [7, 11) is 1.48. The summed E-state index contributed by atoms with van der Waals surface area (Å²) in [6.45, 7) is 2.28. The molecule has 0 spiro atoms. The Bertz CT molecular complexity index is 204. The summed E-state index contributed by atoms with van der Waals surface area (Å²) in [6.07, 6.45) is -5.14. The van der Waals surface area contributed by atoms with Gasteiger partial charge in [0.2, 0.25) is 0 Å². The molecule has 1 saturated heterocycles. The van der Waals surface area contributed by atoms with Crippen LogP contribution in [-0.4, -0.2) is 66.3 Å². The Balaban J connectivity index is 2.35. The first-order valence-corrected chi connectivity index (χ1v) is 5.15. The van der Waals surface area contributed by atoms with Crippen molar-refractivity contribution in [3.8, 4) is 0 Å². The molecule has 0 saturated carbocycles. The molecule has 96 valence electrons. The van der Waals surface area contributed by atoms with Crippen LogP contribution in [0.15, 0.2) is 0 Å². The van der Waals surface area contributed by atoms with E-state index in [1.165, 1.54) is 7.11 Å². The first kappa shape index (κ1) is 13.8. The van der Waals surface area contributed by atoms with E-state index in [4.69, 9.17) is 9.47 Å². The summed E-state index contributed by atoms with van der Waals surface area (Å²) >= 11 is 0. The third kappa shape index (κ3) is 3.36.